The van der Waals surface area contributed by atoms with E-state index in [4.69, 9.17) is 10.5 Å². The number of anilines is 1. The largest absolute Gasteiger partial charge is 0.394 e. The number of nitrogens with two attached hydrogens (primary N) is 1. The fourth-order valence-corrected chi connectivity index (χ4v) is 2.99. The van der Waals surface area contributed by atoms with Crippen molar-refractivity contribution in [2.75, 3.05) is 12.3 Å². The van der Waals surface area contributed by atoms with E-state index in [1.54, 1.807) is 6.20 Å². The Bertz CT molecular complexity index is 819. The number of nitrogen functional groups attached to an aromatic ring is 1. The van der Waals surface area contributed by atoms with E-state index in [2.05, 4.69) is 17.1 Å². The second-order valence-electron chi connectivity index (χ2n) is 6.31. The first-order valence-electron chi connectivity index (χ1n) is 8.62. The van der Waals surface area contributed by atoms with Crippen molar-refractivity contribution in [1.29, 1.82) is 0 Å². The molecule has 1 fully saturated rings. The fourth-order valence-electron chi connectivity index (χ4n) is 2.99. The molecule has 1 aliphatic rings. The molecule has 0 radical (unpaired) electrons. The molecule has 0 spiro atoms. The van der Waals surface area contributed by atoms with Gasteiger partial charge in [-0.2, -0.15) is 4.98 Å². The molecule has 3 rings (SSSR count). The molecule has 0 bridgehead atoms. The number of benzene rings is 1. The summed E-state index contributed by atoms with van der Waals surface area (Å²) in [4.78, 5) is 16.0. The summed E-state index contributed by atoms with van der Waals surface area (Å²) in [5, 5.41) is 19.0. The predicted molar refractivity (Wildman–Crippen MR) is 98.3 cm³/mol. The summed E-state index contributed by atoms with van der Waals surface area (Å²) < 4.78 is 6.84. The van der Waals surface area contributed by atoms with Crippen LogP contribution in [0.5, 0.6) is 0 Å². The van der Waals surface area contributed by atoms with Gasteiger partial charge in [0.15, 0.2) is 0 Å². The third-order valence-corrected chi connectivity index (χ3v) is 4.45. The molecule has 0 amide bonds. The maximum absolute atomic E-state index is 12.1. The zero-order valence-electron chi connectivity index (χ0n) is 14.4. The molecule has 7 heteroatoms. The van der Waals surface area contributed by atoms with Crippen LogP contribution in [-0.2, 0) is 11.2 Å². The molecule has 1 saturated heterocycles. The predicted octanol–water partition coefficient (Wildman–Crippen LogP) is 1.11. The van der Waals surface area contributed by atoms with Gasteiger partial charge in [-0.1, -0.05) is 42.5 Å². The van der Waals surface area contributed by atoms with Crippen LogP contribution in [0, 0.1) is 0 Å². The highest BCUT2D eigenvalue weighted by Gasteiger charge is 2.35. The number of aliphatic hydroxyl groups is 2. The third kappa shape index (κ3) is 4.19. The molecule has 3 atom stereocenters. The van der Waals surface area contributed by atoms with Crippen LogP contribution in [0.2, 0.25) is 0 Å². The number of ether oxygens (including phenoxy) is 1. The van der Waals surface area contributed by atoms with Gasteiger partial charge in [-0.3, -0.25) is 4.57 Å². The van der Waals surface area contributed by atoms with Crippen molar-refractivity contribution in [2.45, 2.75) is 37.7 Å². The van der Waals surface area contributed by atoms with E-state index in [1.807, 2.05) is 30.4 Å². The minimum Gasteiger partial charge on any atom is -0.394 e. The molecular formula is C19H23N3O4. The molecule has 1 aromatic carbocycles. The maximum Gasteiger partial charge on any atom is 0.351 e. The van der Waals surface area contributed by atoms with Crippen molar-refractivity contribution in [2.24, 2.45) is 0 Å². The van der Waals surface area contributed by atoms with Crippen molar-refractivity contribution in [3.8, 4) is 0 Å². The van der Waals surface area contributed by atoms with Crippen molar-refractivity contribution in [3.05, 3.63) is 64.2 Å². The lowest BCUT2D eigenvalue weighted by Gasteiger charge is -2.15. The molecule has 4 N–H and O–H groups in total. The Hall–Kier alpha value is -2.48. The van der Waals surface area contributed by atoms with Gasteiger partial charge in [0.05, 0.1) is 12.7 Å². The number of aryl methyl sites for hydroxylation is 1. The molecule has 138 valence electrons. The summed E-state index contributed by atoms with van der Waals surface area (Å²) in [5.41, 5.74) is 7.18. The number of rotatable bonds is 6. The van der Waals surface area contributed by atoms with Crippen LogP contribution in [0.1, 0.15) is 30.2 Å². The molecule has 0 saturated carbocycles. The highest BCUT2D eigenvalue weighted by molar-refractivity contribution is 5.59. The number of nitrogens with zero attached hydrogens (tertiary/aromatic N) is 2. The Balaban J connectivity index is 1.72. The van der Waals surface area contributed by atoms with Crippen molar-refractivity contribution in [1.82, 2.24) is 9.55 Å². The van der Waals surface area contributed by atoms with Gasteiger partial charge < -0.3 is 20.7 Å². The van der Waals surface area contributed by atoms with Gasteiger partial charge in [-0.05, 0) is 18.4 Å². The highest BCUT2D eigenvalue weighted by atomic mass is 16.5. The van der Waals surface area contributed by atoms with Gasteiger partial charge in [0, 0.05) is 18.2 Å². The number of aliphatic hydroxyl groups excluding tert-OH is 2. The Morgan fingerprint density at radius 2 is 2.12 bits per heavy atom. The zero-order valence-corrected chi connectivity index (χ0v) is 14.4. The highest BCUT2D eigenvalue weighted by Crippen LogP contribution is 2.28. The molecule has 7 nitrogen and oxygen atoms in total. The first-order valence-corrected chi connectivity index (χ1v) is 8.62. The minimum atomic E-state index is -0.820. The van der Waals surface area contributed by atoms with Gasteiger partial charge >= 0.3 is 5.69 Å². The normalized spacial score (nSPS) is 22.9. The monoisotopic (exact) mass is 357 g/mol. The smallest absolute Gasteiger partial charge is 0.351 e. The molecule has 26 heavy (non-hydrogen) atoms. The lowest BCUT2D eigenvalue weighted by Crippen LogP contribution is -2.28. The minimum absolute atomic E-state index is 0.152. The Labute approximate surface area is 151 Å². The third-order valence-electron chi connectivity index (χ3n) is 4.45. The summed E-state index contributed by atoms with van der Waals surface area (Å²) in [6, 6.07) is 10.1. The van der Waals surface area contributed by atoms with Crippen molar-refractivity contribution < 1.29 is 14.9 Å². The average molecular weight is 357 g/mol. The van der Waals surface area contributed by atoms with Crippen LogP contribution in [0.4, 0.5) is 5.82 Å². The molecule has 0 unspecified atom stereocenters. The van der Waals surface area contributed by atoms with Gasteiger partial charge in [0.1, 0.15) is 18.1 Å². The number of hydrogen-bond acceptors (Lipinski definition) is 6. The SMILES string of the molecule is Nc1nc(=O)n([C@H]2C[C@H](O)[C@@H](CO)O2)cc1/C=C/CCc1ccccc1. The Morgan fingerprint density at radius 3 is 2.81 bits per heavy atom. The molecule has 1 aromatic heterocycles. The lowest BCUT2D eigenvalue weighted by atomic mass is 10.1. The van der Waals surface area contributed by atoms with Crippen molar-refractivity contribution >= 4 is 11.9 Å². The summed E-state index contributed by atoms with van der Waals surface area (Å²) in [6.07, 6.45) is 5.16. The molecule has 2 aromatic rings. The van der Waals surface area contributed by atoms with Gasteiger partial charge in [0.2, 0.25) is 0 Å². The van der Waals surface area contributed by atoms with Crippen LogP contribution >= 0.6 is 0 Å². The molecule has 1 aliphatic heterocycles. The number of hydrogen-bond donors (Lipinski definition) is 3. The Kier molecular flexibility index (Phi) is 5.82. The summed E-state index contributed by atoms with van der Waals surface area (Å²) in [6.45, 7) is -0.304. The van der Waals surface area contributed by atoms with Crippen molar-refractivity contribution in [3.63, 3.8) is 0 Å². The molecule has 0 aliphatic carbocycles. The molecular weight excluding hydrogens is 334 g/mol. The van der Waals surface area contributed by atoms with E-state index in [-0.39, 0.29) is 18.8 Å². The van der Waals surface area contributed by atoms with E-state index in [9.17, 15) is 15.0 Å². The quantitative estimate of drug-likeness (QED) is 0.714. The van der Waals surface area contributed by atoms with Crippen LogP contribution in [-0.4, -0.2) is 38.6 Å². The van der Waals surface area contributed by atoms with Crippen LogP contribution < -0.4 is 11.4 Å². The second kappa shape index (κ2) is 8.27. The van der Waals surface area contributed by atoms with E-state index < -0.39 is 24.1 Å². The topological polar surface area (TPSA) is 111 Å². The second-order valence-corrected chi connectivity index (χ2v) is 6.31. The fraction of sp³-hybridized carbons (Fsp3) is 0.368. The maximum atomic E-state index is 12.1. The lowest BCUT2D eigenvalue weighted by molar-refractivity contribution is -0.0458. The van der Waals surface area contributed by atoms with E-state index in [1.165, 1.54) is 10.1 Å². The van der Waals surface area contributed by atoms with E-state index >= 15 is 0 Å². The van der Waals surface area contributed by atoms with Crippen LogP contribution in [0.25, 0.3) is 6.08 Å². The summed E-state index contributed by atoms with van der Waals surface area (Å²) in [5.74, 6) is 0.152. The van der Waals surface area contributed by atoms with Gasteiger partial charge in [0.25, 0.3) is 0 Å². The average Bonchev–Trinajstić information content (AvgIpc) is 3.01. The van der Waals surface area contributed by atoms with Crippen LogP contribution in [0.3, 0.4) is 0 Å². The number of allylic oxidation sites excluding steroid dienone is 1. The standard InChI is InChI=1S/C19H23N3O4/c20-18-14(9-5-4-8-13-6-2-1-3-7-13)11-22(19(25)21-18)17-10-15(24)16(12-23)26-17/h1-3,5-7,9,11,15-17,23-24H,4,8,10,12H2,(H2,20,21,25)/b9-5+/t15-,16+,17+/m0/s1. The van der Waals surface area contributed by atoms with Crippen LogP contribution in [0.15, 0.2) is 47.4 Å². The van der Waals surface area contributed by atoms with E-state index in [0.29, 0.717) is 5.56 Å². The summed E-state index contributed by atoms with van der Waals surface area (Å²) >= 11 is 0. The molecule has 2 heterocycles. The first-order chi connectivity index (χ1) is 12.6. The van der Waals surface area contributed by atoms with E-state index in [0.717, 1.165) is 12.8 Å². The number of aromatic nitrogens is 2. The first kappa shape index (κ1) is 18.3. The zero-order chi connectivity index (χ0) is 18.5. The van der Waals surface area contributed by atoms with Gasteiger partial charge in [-0.25, -0.2) is 4.79 Å². The van der Waals surface area contributed by atoms with Gasteiger partial charge in [-0.15, -0.1) is 0 Å². The Morgan fingerprint density at radius 1 is 1.35 bits per heavy atom. The summed E-state index contributed by atoms with van der Waals surface area (Å²) in [7, 11) is 0.